The number of amides is 3. The third kappa shape index (κ3) is 5.06. The Hall–Kier alpha value is -2.04. The number of nitrogens with zero attached hydrogens (tertiary/aromatic N) is 1. The number of hydrogen-bond acceptors (Lipinski definition) is 2. The number of carbonyl (C=O) groups is 2. The van der Waals surface area contributed by atoms with E-state index in [0.717, 1.165) is 25.7 Å². The van der Waals surface area contributed by atoms with E-state index in [4.69, 9.17) is 0 Å². The molecule has 1 aliphatic rings. The average Bonchev–Trinajstić information content (AvgIpc) is 2.84. The van der Waals surface area contributed by atoms with Crippen molar-refractivity contribution in [3.05, 3.63) is 35.9 Å². The minimum atomic E-state index is -0.358. The van der Waals surface area contributed by atoms with Gasteiger partial charge in [0.1, 0.15) is 6.04 Å². The molecule has 0 bridgehead atoms. The maximum Gasteiger partial charge on any atom is 0.315 e. The smallest absolute Gasteiger partial charge is 0.315 e. The van der Waals surface area contributed by atoms with Gasteiger partial charge in [0.25, 0.3) is 0 Å². The van der Waals surface area contributed by atoms with Crippen LogP contribution in [0.3, 0.4) is 0 Å². The zero-order valence-corrected chi connectivity index (χ0v) is 13.2. The Morgan fingerprint density at radius 2 is 2.00 bits per heavy atom. The minimum absolute atomic E-state index is 0.00184. The minimum Gasteiger partial charge on any atom is -0.344 e. The number of rotatable bonds is 7. The molecule has 2 N–H and O–H groups in total. The summed E-state index contributed by atoms with van der Waals surface area (Å²) in [5.41, 5.74) is 1.36. The Morgan fingerprint density at radius 3 is 2.68 bits per heavy atom. The lowest BCUT2D eigenvalue weighted by Gasteiger charge is -2.13. The average molecular weight is 303 g/mol. The first-order chi connectivity index (χ1) is 10.7. The number of likely N-dealkylation sites (tertiary alicyclic amines) is 1. The molecular formula is C17H25N3O2. The van der Waals surface area contributed by atoms with E-state index in [0.29, 0.717) is 19.5 Å². The van der Waals surface area contributed by atoms with Crippen LogP contribution in [-0.2, 0) is 11.2 Å². The van der Waals surface area contributed by atoms with E-state index in [1.165, 1.54) is 5.56 Å². The summed E-state index contributed by atoms with van der Waals surface area (Å²) < 4.78 is 0. The molecule has 1 saturated heterocycles. The van der Waals surface area contributed by atoms with Gasteiger partial charge in [-0.05, 0) is 31.2 Å². The van der Waals surface area contributed by atoms with E-state index in [-0.39, 0.29) is 18.0 Å². The summed E-state index contributed by atoms with van der Waals surface area (Å²) in [6, 6.07) is 9.83. The molecule has 1 aromatic rings. The molecule has 5 nitrogen and oxygen atoms in total. The Kier molecular flexibility index (Phi) is 6.25. The molecule has 0 aliphatic carbocycles. The highest BCUT2D eigenvalue weighted by atomic mass is 16.2. The molecule has 1 atom stereocenters. The fourth-order valence-corrected chi connectivity index (χ4v) is 2.64. The van der Waals surface area contributed by atoms with Crippen LogP contribution in [0.5, 0.6) is 0 Å². The Bertz CT molecular complexity index is 490. The molecule has 0 spiro atoms. The highest BCUT2D eigenvalue weighted by molar-refractivity contribution is 5.88. The molecule has 3 amide bonds. The van der Waals surface area contributed by atoms with Gasteiger partial charge >= 0.3 is 6.03 Å². The summed E-state index contributed by atoms with van der Waals surface area (Å²) in [6.07, 6.45) is 4.94. The lowest BCUT2D eigenvalue weighted by atomic mass is 10.1. The van der Waals surface area contributed by atoms with Gasteiger partial charge in [0.15, 0.2) is 0 Å². The number of carbonyl (C=O) groups excluding carboxylic acids is 2. The molecule has 0 radical (unpaired) electrons. The van der Waals surface area contributed by atoms with Gasteiger partial charge in [-0.2, -0.15) is 0 Å². The molecule has 1 fully saturated rings. The van der Waals surface area contributed by atoms with Gasteiger partial charge in [0.05, 0.1) is 0 Å². The highest BCUT2D eigenvalue weighted by Crippen LogP contribution is 2.08. The number of unbranched alkanes of at least 4 members (excludes halogenated alkanes) is 2. The molecule has 22 heavy (non-hydrogen) atoms. The van der Waals surface area contributed by atoms with Crippen molar-refractivity contribution in [1.29, 1.82) is 0 Å². The molecular weight excluding hydrogens is 278 g/mol. The Balaban J connectivity index is 1.51. The van der Waals surface area contributed by atoms with Gasteiger partial charge in [-0.3, -0.25) is 4.79 Å². The second-order valence-electron chi connectivity index (χ2n) is 5.80. The van der Waals surface area contributed by atoms with Gasteiger partial charge in [-0.1, -0.05) is 36.8 Å². The maximum absolute atomic E-state index is 11.7. The largest absolute Gasteiger partial charge is 0.344 e. The van der Waals surface area contributed by atoms with Crippen molar-refractivity contribution in [2.75, 3.05) is 20.1 Å². The molecule has 1 aromatic carbocycles. The van der Waals surface area contributed by atoms with Crippen LogP contribution in [0.15, 0.2) is 30.3 Å². The number of hydrogen-bond donors (Lipinski definition) is 2. The summed E-state index contributed by atoms with van der Waals surface area (Å²) in [5.74, 6) is -0.00184. The lowest BCUT2D eigenvalue weighted by molar-refractivity contribution is -0.128. The van der Waals surface area contributed by atoms with Gasteiger partial charge in [0, 0.05) is 20.1 Å². The van der Waals surface area contributed by atoms with E-state index >= 15 is 0 Å². The van der Waals surface area contributed by atoms with Crippen LogP contribution in [0.2, 0.25) is 0 Å². The van der Waals surface area contributed by atoms with Crippen molar-refractivity contribution in [3.63, 3.8) is 0 Å². The molecule has 2 rings (SSSR count). The Labute approximate surface area is 132 Å². The summed E-state index contributed by atoms with van der Waals surface area (Å²) >= 11 is 0. The third-order valence-electron chi connectivity index (χ3n) is 4.00. The van der Waals surface area contributed by atoms with Gasteiger partial charge < -0.3 is 15.5 Å². The number of urea groups is 1. The van der Waals surface area contributed by atoms with E-state index in [2.05, 4.69) is 34.9 Å². The highest BCUT2D eigenvalue weighted by Gasteiger charge is 2.29. The molecule has 1 unspecified atom stereocenters. The van der Waals surface area contributed by atoms with Crippen LogP contribution in [0.1, 0.15) is 31.2 Å². The number of nitrogens with one attached hydrogen (secondary N) is 2. The van der Waals surface area contributed by atoms with Gasteiger partial charge in [-0.15, -0.1) is 0 Å². The van der Waals surface area contributed by atoms with Crippen molar-refractivity contribution < 1.29 is 9.59 Å². The van der Waals surface area contributed by atoms with Crippen molar-refractivity contribution in [2.45, 2.75) is 38.1 Å². The van der Waals surface area contributed by atoms with Crippen LogP contribution >= 0.6 is 0 Å². The van der Waals surface area contributed by atoms with Crippen LogP contribution < -0.4 is 10.6 Å². The maximum atomic E-state index is 11.7. The van der Waals surface area contributed by atoms with Crippen molar-refractivity contribution in [2.24, 2.45) is 0 Å². The molecule has 5 heteroatoms. The normalized spacial score (nSPS) is 17.6. The first kappa shape index (κ1) is 16.3. The van der Waals surface area contributed by atoms with Crippen molar-refractivity contribution in [3.8, 4) is 0 Å². The van der Waals surface area contributed by atoms with E-state index in [9.17, 15) is 9.59 Å². The van der Waals surface area contributed by atoms with Crippen LogP contribution in [0, 0.1) is 0 Å². The first-order valence-electron chi connectivity index (χ1n) is 8.00. The van der Waals surface area contributed by atoms with Gasteiger partial charge in [0.2, 0.25) is 5.91 Å². The van der Waals surface area contributed by atoms with E-state index in [1.807, 2.05) is 6.07 Å². The molecule has 120 valence electrons. The number of aryl methyl sites for hydroxylation is 1. The Morgan fingerprint density at radius 1 is 1.23 bits per heavy atom. The lowest BCUT2D eigenvalue weighted by Crippen LogP contribution is -2.45. The summed E-state index contributed by atoms with van der Waals surface area (Å²) in [5, 5.41) is 5.56. The number of benzene rings is 1. The topological polar surface area (TPSA) is 61.4 Å². The molecule has 0 aromatic heterocycles. The monoisotopic (exact) mass is 303 g/mol. The predicted octanol–water partition coefficient (Wildman–Crippen LogP) is 1.93. The second kappa shape index (κ2) is 8.41. The van der Waals surface area contributed by atoms with E-state index < -0.39 is 0 Å². The quantitative estimate of drug-likeness (QED) is 0.756. The zero-order valence-electron chi connectivity index (χ0n) is 13.2. The number of likely N-dealkylation sites (N-methyl/N-ethyl adjacent to an activating group) is 1. The first-order valence-corrected chi connectivity index (χ1v) is 8.00. The summed E-state index contributed by atoms with van der Waals surface area (Å²) in [6.45, 7) is 1.36. The van der Waals surface area contributed by atoms with Crippen LogP contribution in [0.4, 0.5) is 4.79 Å². The van der Waals surface area contributed by atoms with Gasteiger partial charge in [-0.25, -0.2) is 4.79 Å². The molecule has 1 heterocycles. The molecule has 0 saturated carbocycles. The standard InChI is InChI=1S/C17H25N3O2/c1-20-13-11-15(16(20)21)19-17(22)18-12-7-3-6-10-14-8-4-2-5-9-14/h2,4-5,8-9,15H,3,6-7,10-13H2,1H3,(H2,18,19,22). The predicted molar refractivity (Wildman–Crippen MR) is 86.6 cm³/mol. The summed E-state index contributed by atoms with van der Waals surface area (Å²) in [7, 11) is 1.76. The van der Waals surface area contributed by atoms with Crippen LogP contribution in [-0.4, -0.2) is 43.0 Å². The SMILES string of the molecule is CN1CCC(NC(=O)NCCCCCc2ccccc2)C1=O. The van der Waals surface area contributed by atoms with Crippen molar-refractivity contribution >= 4 is 11.9 Å². The second-order valence-corrected chi connectivity index (χ2v) is 5.80. The van der Waals surface area contributed by atoms with Crippen molar-refractivity contribution in [1.82, 2.24) is 15.5 Å². The fraction of sp³-hybridized carbons (Fsp3) is 0.529. The van der Waals surface area contributed by atoms with Crippen LogP contribution in [0.25, 0.3) is 0 Å². The zero-order chi connectivity index (χ0) is 15.8. The van der Waals surface area contributed by atoms with E-state index in [1.54, 1.807) is 11.9 Å². The third-order valence-corrected chi connectivity index (χ3v) is 4.00. The fourth-order valence-electron chi connectivity index (χ4n) is 2.64. The molecule has 1 aliphatic heterocycles. The summed E-state index contributed by atoms with van der Waals surface area (Å²) in [4.78, 5) is 25.0.